The van der Waals surface area contributed by atoms with Gasteiger partial charge in [0.1, 0.15) is 10.8 Å². The van der Waals surface area contributed by atoms with Gasteiger partial charge >= 0.3 is 0 Å². The van der Waals surface area contributed by atoms with Gasteiger partial charge in [0.2, 0.25) is 0 Å². The first-order valence-corrected chi connectivity index (χ1v) is 8.96. The van der Waals surface area contributed by atoms with Crippen LogP contribution in [0.2, 0.25) is 0 Å². The molecule has 25 heavy (non-hydrogen) atoms. The van der Waals surface area contributed by atoms with E-state index >= 15 is 0 Å². The second kappa shape index (κ2) is 11.3. The van der Waals surface area contributed by atoms with E-state index in [2.05, 4.69) is 47.4 Å². The average Bonchev–Trinajstić information content (AvgIpc) is 2.99. The molecule has 0 radical (unpaired) electrons. The molecule has 2 rings (SSSR count). The Balaban J connectivity index is 0.00000312. The van der Waals surface area contributed by atoms with Crippen LogP contribution >= 0.6 is 35.3 Å². The van der Waals surface area contributed by atoms with Gasteiger partial charge in [-0.15, -0.1) is 35.3 Å². The SMILES string of the molecule is CN=C(NCc1ncc(C)s1)NCc1ccccc1OCC(C)C.I. The molecule has 0 spiro atoms. The highest BCUT2D eigenvalue weighted by Crippen LogP contribution is 2.18. The summed E-state index contributed by atoms with van der Waals surface area (Å²) < 4.78 is 5.89. The molecule has 0 unspecified atom stereocenters. The number of nitrogens with one attached hydrogen (secondary N) is 2. The zero-order valence-corrected chi connectivity index (χ0v) is 18.4. The van der Waals surface area contributed by atoms with E-state index in [-0.39, 0.29) is 24.0 Å². The smallest absolute Gasteiger partial charge is 0.191 e. The summed E-state index contributed by atoms with van der Waals surface area (Å²) in [6.45, 7) is 8.39. The maximum atomic E-state index is 5.89. The number of aromatic nitrogens is 1. The molecule has 7 heteroatoms. The van der Waals surface area contributed by atoms with Gasteiger partial charge in [0.25, 0.3) is 0 Å². The summed E-state index contributed by atoms with van der Waals surface area (Å²) in [6.07, 6.45) is 1.89. The summed E-state index contributed by atoms with van der Waals surface area (Å²) in [6, 6.07) is 8.10. The summed E-state index contributed by atoms with van der Waals surface area (Å²) in [4.78, 5) is 9.82. The lowest BCUT2D eigenvalue weighted by molar-refractivity contribution is 0.268. The molecular weight excluding hydrogens is 447 g/mol. The number of thiazole rings is 1. The van der Waals surface area contributed by atoms with E-state index in [1.165, 1.54) is 4.88 Å². The lowest BCUT2D eigenvalue weighted by atomic mass is 10.2. The van der Waals surface area contributed by atoms with E-state index in [0.29, 0.717) is 25.6 Å². The first-order chi connectivity index (χ1) is 11.6. The highest BCUT2D eigenvalue weighted by Gasteiger charge is 2.06. The highest BCUT2D eigenvalue weighted by molar-refractivity contribution is 14.0. The lowest BCUT2D eigenvalue weighted by Crippen LogP contribution is -2.36. The van der Waals surface area contributed by atoms with Crippen LogP contribution in [-0.2, 0) is 13.1 Å². The Bertz CT molecular complexity index is 673. The van der Waals surface area contributed by atoms with Crippen molar-refractivity contribution >= 4 is 41.3 Å². The maximum Gasteiger partial charge on any atom is 0.191 e. The summed E-state index contributed by atoms with van der Waals surface area (Å²) >= 11 is 1.69. The van der Waals surface area contributed by atoms with Crippen molar-refractivity contribution in [2.45, 2.75) is 33.9 Å². The second-order valence-electron chi connectivity index (χ2n) is 5.96. The van der Waals surface area contributed by atoms with Crippen molar-refractivity contribution in [1.82, 2.24) is 15.6 Å². The molecular formula is C18H27IN4OS. The molecule has 0 aliphatic heterocycles. The van der Waals surface area contributed by atoms with E-state index in [1.807, 2.05) is 24.4 Å². The molecule has 5 nitrogen and oxygen atoms in total. The van der Waals surface area contributed by atoms with E-state index in [1.54, 1.807) is 18.4 Å². The number of nitrogens with zero attached hydrogens (tertiary/aromatic N) is 2. The molecule has 0 amide bonds. The van der Waals surface area contributed by atoms with Gasteiger partial charge in [-0.2, -0.15) is 0 Å². The Hall–Kier alpha value is -1.35. The number of hydrogen-bond acceptors (Lipinski definition) is 4. The van der Waals surface area contributed by atoms with Crippen LogP contribution in [0, 0.1) is 12.8 Å². The van der Waals surface area contributed by atoms with E-state index in [9.17, 15) is 0 Å². The summed E-state index contributed by atoms with van der Waals surface area (Å²) in [5.41, 5.74) is 1.12. The van der Waals surface area contributed by atoms with Gasteiger partial charge in [-0.3, -0.25) is 4.99 Å². The van der Waals surface area contributed by atoms with Crippen LogP contribution in [0.3, 0.4) is 0 Å². The topological polar surface area (TPSA) is 58.5 Å². The molecule has 1 aromatic heterocycles. The van der Waals surface area contributed by atoms with Crippen LogP contribution in [-0.4, -0.2) is 24.6 Å². The third-order valence-corrected chi connectivity index (χ3v) is 4.20. The minimum absolute atomic E-state index is 0. The van der Waals surface area contributed by atoms with Crippen molar-refractivity contribution in [2.24, 2.45) is 10.9 Å². The number of benzene rings is 1. The quantitative estimate of drug-likeness (QED) is 0.362. The van der Waals surface area contributed by atoms with Crippen LogP contribution in [0.5, 0.6) is 5.75 Å². The van der Waals surface area contributed by atoms with Crippen LogP contribution in [0.15, 0.2) is 35.5 Å². The molecule has 0 saturated heterocycles. The largest absolute Gasteiger partial charge is 0.493 e. The molecule has 0 atom stereocenters. The average molecular weight is 474 g/mol. The van der Waals surface area contributed by atoms with Crippen molar-refractivity contribution in [3.63, 3.8) is 0 Å². The molecule has 2 N–H and O–H groups in total. The van der Waals surface area contributed by atoms with E-state index < -0.39 is 0 Å². The molecule has 0 saturated carbocycles. The number of para-hydroxylation sites is 1. The number of halogens is 1. The summed E-state index contributed by atoms with van der Waals surface area (Å²) in [5.74, 6) is 2.17. The number of ether oxygens (including phenoxy) is 1. The van der Waals surface area contributed by atoms with Gasteiger partial charge in [0.15, 0.2) is 5.96 Å². The fraction of sp³-hybridized carbons (Fsp3) is 0.444. The van der Waals surface area contributed by atoms with Gasteiger partial charge in [-0.1, -0.05) is 32.0 Å². The maximum absolute atomic E-state index is 5.89. The standard InChI is InChI=1S/C18H26N4OS.HI/c1-13(2)12-23-16-8-6-5-7-15(16)10-21-18(19-4)22-11-17-20-9-14(3)24-17;/h5-9,13H,10-12H2,1-4H3,(H2,19,21,22);1H. The van der Waals surface area contributed by atoms with E-state index in [4.69, 9.17) is 4.74 Å². The molecule has 1 aromatic carbocycles. The fourth-order valence-electron chi connectivity index (χ4n) is 2.09. The van der Waals surface area contributed by atoms with Crippen molar-refractivity contribution in [2.75, 3.05) is 13.7 Å². The number of aryl methyl sites for hydroxylation is 1. The zero-order chi connectivity index (χ0) is 17.4. The van der Waals surface area contributed by atoms with Gasteiger partial charge in [0.05, 0.1) is 13.2 Å². The molecule has 0 aliphatic carbocycles. The van der Waals surface area contributed by atoms with Gasteiger partial charge in [0, 0.05) is 30.2 Å². The van der Waals surface area contributed by atoms with E-state index in [0.717, 1.165) is 22.3 Å². The summed E-state index contributed by atoms with van der Waals surface area (Å²) in [7, 11) is 1.77. The van der Waals surface area contributed by atoms with Crippen LogP contribution < -0.4 is 15.4 Å². The van der Waals surface area contributed by atoms with Crippen LogP contribution in [0.25, 0.3) is 0 Å². The monoisotopic (exact) mass is 474 g/mol. The lowest BCUT2D eigenvalue weighted by Gasteiger charge is -2.15. The molecule has 0 bridgehead atoms. The Morgan fingerprint density at radius 3 is 2.60 bits per heavy atom. The van der Waals surface area contributed by atoms with Crippen LogP contribution in [0.1, 0.15) is 29.3 Å². The number of hydrogen-bond donors (Lipinski definition) is 2. The molecule has 0 fully saturated rings. The third-order valence-electron chi connectivity index (χ3n) is 3.29. The van der Waals surface area contributed by atoms with Gasteiger partial charge in [-0.25, -0.2) is 4.98 Å². The Labute approximate surface area is 171 Å². The third kappa shape index (κ3) is 7.60. The Morgan fingerprint density at radius 2 is 1.96 bits per heavy atom. The first-order valence-electron chi connectivity index (χ1n) is 8.15. The predicted octanol–water partition coefficient (Wildman–Crippen LogP) is 3.97. The number of rotatable bonds is 7. The highest BCUT2D eigenvalue weighted by atomic mass is 127. The van der Waals surface area contributed by atoms with Crippen molar-refractivity contribution in [3.05, 3.63) is 45.9 Å². The minimum Gasteiger partial charge on any atom is -0.493 e. The zero-order valence-electron chi connectivity index (χ0n) is 15.2. The van der Waals surface area contributed by atoms with Crippen molar-refractivity contribution < 1.29 is 4.74 Å². The second-order valence-corrected chi connectivity index (χ2v) is 7.28. The normalized spacial score (nSPS) is 11.2. The van der Waals surface area contributed by atoms with Crippen LogP contribution in [0.4, 0.5) is 0 Å². The minimum atomic E-state index is 0. The summed E-state index contributed by atoms with van der Waals surface area (Å²) in [5, 5.41) is 7.66. The fourth-order valence-corrected chi connectivity index (χ4v) is 2.82. The molecule has 0 aliphatic rings. The van der Waals surface area contributed by atoms with Crippen molar-refractivity contribution in [1.29, 1.82) is 0 Å². The Kier molecular flexibility index (Phi) is 9.81. The van der Waals surface area contributed by atoms with Gasteiger partial charge < -0.3 is 15.4 Å². The molecule has 2 aromatic rings. The molecule has 1 heterocycles. The van der Waals surface area contributed by atoms with Crippen molar-refractivity contribution in [3.8, 4) is 5.75 Å². The molecule has 138 valence electrons. The first kappa shape index (κ1) is 21.7. The Morgan fingerprint density at radius 1 is 1.24 bits per heavy atom. The number of guanidine groups is 1. The van der Waals surface area contributed by atoms with Gasteiger partial charge in [-0.05, 0) is 18.9 Å². The number of aliphatic imine (C=N–C) groups is 1. The predicted molar refractivity (Wildman–Crippen MR) is 116 cm³/mol.